The van der Waals surface area contributed by atoms with E-state index in [1.165, 1.54) is 15.9 Å². The summed E-state index contributed by atoms with van der Waals surface area (Å²) in [6.07, 6.45) is 2.35. The van der Waals surface area contributed by atoms with Gasteiger partial charge in [0.25, 0.3) is 8.32 Å². The minimum absolute atomic E-state index is 0.0815. The molecule has 0 aliphatic heterocycles. The van der Waals surface area contributed by atoms with Gasteiger partial charge in [-0.15, -0.1) is 0 Å². The Morgan fingerprint density at radius 1 is 0.938 bits per heavy atom. The predicted molar refractivity (Wildman–Crippen MR) is 200 cm³/mol. The molecule has 0 fully saturated rings. The van der Waals surface area contributed by atoms with Crippen LogP contribution in [0, 0.1) is 5.41 Å². The molecule has 1 atom stereocenters. The van der Waals surface area contributed by atoms with Gasteiger partial charge in [0.15, 0.2) is 5.84 Å². The van der Waals surface area contributed by atoms with Crippen LogP contribution in [0.25, 0.3) is 22.2 Å². The van der Waals surface area contributed by atoms with Crippen LogP contribution >= 0.6 is 0 Å². The third kappa shape index (κ3) is 6.57. The molecule has 0 amide bonds. The highest BCUT2D eigenvalue weighted by molar-refractivity contribution is 6.99. The SMILES string of the molecule is CCn1c(-c2cccnc2C(C)OC)c(CC(C)(C)CO[Si](c2ccccc2)(c2ccccc2)C(C)(C)C)c2cc(C(N)=NO)ccc21. The van der Waals surface area contributed by atoms with Crippen LogP contribution in [-0.2, 0) is 22.1 Å². The summed E-state index contributed by atoms with van der Waals surface area (Å²) < 4.78 is 15.6. The maximum atomic E-state index is 9.55. The van der Waals surface area contributed by atoms with Crippen LogP contribution in [0.2, 0.25) is 5.04 Å². The lowest BCUT2D eigenvalue weighted by Crippen LogP contribution is -2.67. The second-order valence-electron chi connectivity index (χ2n) is 14.4. The minimum Gasteiger partial charge on any atom is -0.409 e. The van der Waals surface area contributed by atoms with Crippen molar-refractivity contribution < 1.29 is 14.4 Å². The Labute approximate surface area is 286 Å². The van der Waals surface area contributed by atoms with E-state index in [0.717, 1.165) is 40.8 Å². The number of ether oxygens (including phenoxy) is 1. The van der Waals surface area contributed by atoms with Gasteiger partial charge in [0, 0.05) is 48.5 Å². The molecule has 5 aromatic rings. The number of pyridine rings is 1. The zero-order valence-corrected chi connectivity index (χ0v) is 30.6. The summed E-state index contributed by atoms with van der Waals surface area (Å²) in [5.74, 6) is 0.0815. The average molecular weight is 663 g/mol. The molecule has 8 heteroatoms. The maximum absolute atomic E-state index is 9.55. The zero-order valence-electron chi connectivity index (χ0n) is 29.6. The van der Waals surface area contributed by atoms with Crippen molar-refractivity contribution in [2.75, 3.05) is 13.7 Å². The van der Waals surface area contributed by atoms with E-state index in [2.05, 4.69) is 124 Å². The lowest BCUT2D eigenvalue weighted by Gasteiger charge is -2.44. The van der Waals surface area contributed by atoms with Gasteiger partial charge in [-0.1, -0.05) is 100 Å². The number of nitrogens with zero attached hydrogens (tertiary/aromatic N) is 3. The molecule has 0 saturated carbocycles. The Morgan fingerprint density at radius 2 is 1.56 bits per heavy atom. The molecule has 0 radical (unpaired) electrons. The highest BCUT2D eigenvalue weighted by Gasteiger charge is 2.50. The number of aryl methyl sites for hydroxylation is 1. The van der Waals surface area contributed by atoms with Crippen molar-refractivity contribution in [1.82, 2.24) is 9.55 Å². The molecule has 0 spiro atoms. The maximum Gasteiger partial charge on any atom is 0.261 e. The minimum atomic E-state index is -2.76. The van der Waals surface area contributed by atoms with E-state index in [1.54, 1.807) is 7.11 Å². The Hall–Kier alpha value is -4.24. The summed E-state index contributed by atoms with van der Waals surface area (Å²) in [5, 5.41) is 16.3. The van der Waals surface area contributed by atoms with Crippen molar-refractivity contribution in [1.29, 1.82) is 0 Å². The van der Waals surface area contributed by atoms with Gasteiger partial charge < -0.3 is 24.7 Å². The molecule has 0 saturated heterocycles. The van der Waals surface area contributed by atoms with Gasteiger partial charge in [-0.2, -0.15) is 0 Å². The van der Waals surface area contributed by atoms with E-state index in [9.17, 15) is 5.21 Å². The van der Waals surface area contributed by atoms with Gasteiger partial charge in [-0.3, -0.25) is 4.98 Å². The van der Waals surface area contributed by atoms with Crippen molar-refractivity contribution in [3.63, 3.8) is 0 Å². The zero-order chi connectivity index (χ0) is 34.7. The van der Waals surface area contributed by atoms with Crippen LogP contribution in [0.15, 0.2) is 102 Å². The number of nitrogens with two attached hydrogens (primary N) is 1. The summed E-state index contributed by atoms with van der Waals surface area (Å²) >= 11 is 0. The topological polar surface area (TPSA) is 94.9 Å². The number of aromatic nitrogens is 2. The van der Waals surface area contributed by atoms with E-state index >= 15 is 0 Å². The molecule has 5 rings (SSSR count). The van der Waals surface area contributed by atoms with Crippen molar-refractivity contribution in [2.24, 2.45) is 16.3 Å². The van der Waals surface area contributed by atoms with Gasteiger partial charge in [0.2, 0.25) is 0 Å². The van der Waals surface area contributed by atoms with Crippen molar-refractivity contribution in [2.45, 2.75) is 72.6 Å². The van der Waals surface area contributed by atoms with E-state index in [0.29, 0.717) is 12.2 Å². The first kappa shape index (κ1) is 35.1. The molecule has 3 N–H and O–H groups in total. The van der Waals surface area contributed by atoms with Gasteiger partial charge in [-0.05, 0) is 77.0 Å². The quantitative estimate of drug-likeness (QED) is 0.0470. The molecule has 252 valence electrons. The third-order valence-corrected chi connectivity index (χ3v) is 14.5. The Bertz CT molecular complexity index is 1840. The predicted octanol–water partition coefficient (Wildman–Crippen LogP) is 7.67. The number of rotatable bonds is 12. The second-order valence-corrected chi connectivity index (χ2v) is 18.7. The Balaban J connectivity index is 1.68. The highest BCUT2D eigenvalue weighted by Crippen LogP contribution is 2.42. The van der Waals surface area contributed by atoms with Gasteiger partial charge >= 0.3 is 0 Å². The summed E-state index contributed by atoms with van der Waals surface area (Å²) in [4.78, 5) is 4.80. The van der Waals surface area contributed by atoms with Crippen molar-refractivity contribution in [3.8, 4) is 11.3 Å². The summed E-state index contributed by atoms with van der Waals surface area (Å²) in [5.41, 5.74) is 11.8. The molecule has 0 aliphatic carbocycles. The lowest BCUT2D eigenvalue weighted by atomic mass is 9.84. The number of methoxy groups -OCH3 is 1. The van der Waals surface area contributed by atoms with E-state index in [1.807, 2.05) is 31.3 Å². The van der Waals surface area contributed by atoms with Crippen LogP contribution < -0.4 is 16.1 Å². The number of fused-ring (bicyclic) bond motifs is 1. The summed E-state index contributed by atoms with van der Waals surface area (Å²) in [6.45, 7) is 17.0. The molecular weight excluding hydrogens is 613 g/mol. The van der Waals surface area contributed by atoms with Gasteiger partial charge in [0.05, 0.1) is 17.5 Å². The number of benzene rings is 3. The first-order valence-electron chi connectivity index (χ1n) is 16.7. The molecule has 3 aromatic carbocycles. The summed E-state index contributed by atoms with van der Waals surface area (Å²) in [7, 11) is -1.04. The number of oxime groups is 1. The van der Waals surface area contributed by atoms with Crippen molar-refractivity contribution in [3.05, 3.63) is 114 Å². The van der Waals surface area contributed by atoms with Crippen LogP contribution in [-0.4, -0.2) is 42.6 Å². The van der Waals surface area contributed by atoms with Crippen LogP contribution in [0.5, 0.6) is 0 Å². The van der Waals surface area contributed by atoms with E-state index < -0.39 is 8.32 Å². The molecule has 2 heterocycles. The fourth-order valence-electron chi connectivity index (χ4n) is 7.10. The average Bonchev–Trinajstić information content (AvgIpc) is 3.39. The lowest BCUT2D eigenvalue weighted by molar-refractivity contribution is 0.116. The molecule has 0 bridgehead atoms. The summed E-state index contributed by atoms with van der Waals surface area (Å²) in [6, 6.07) is 31.7. The Morgan fingerprint density at radius 3 is 2.10 bits per heavy atom. The largest absolute Gasteiger partial charge is 0.409 e. The first-order valence-corrected chi connectivity index (χ1v) is 18.7. The van der Waals surface area contributed by atoms with E-state index in [4.69, 9.17) is 19.9 Å². The molecule has 1 unspecified atom stereocenters. The van der Waals surface area contributed by atoms with Crippen molar-refractivity contribution >= 4 is 35.4 Å². The normalized spacial score (nSPS) is 13.6. The molecule has 0 aliphatic rings. The number of hydrogen-bond donors (Lipinski definition) is 2. The molecule has 7 nitrogen and oxygen atoms in total. The third-order valence-electron chi connectivity index (χ3n) is 9.47. The molecule has 2 aromatic heterocycles. The first-order chi connectivity index (χ1) is 22.9. The number of hydrogen-bond acceptors (Lipinski definition) is 5. The van der Waals surface area contributed by atoms with Crippen LogP contribution in [0.3, 0.4) is 0 Å². The van der Waals surface area contributed by atoms with E-state index in [-0.39, 0.29) is 22.4 Å². The monoisotopic (exact) mass is 662 g/mol. The number of amidine groups is 1. The molecule has 48 heavy (non-hydrogen) atoms. The fraction of sp³-hybridized carbons (Fsp3) is 0.350. The standard InChI is InChI=1S/C40H50N4O3Si/c1-9-44-35-23-22-29(38(41)43-45)25-33(35)34(37(44)32-21-16-24-42-36(32)28(2)46-8)26-40(6,7)27-47-48(39(3,4)5,30-17-12-10-13-18-30)31-19-14-11-15-20-31/h10-25,28,45H,9,26-27H2,1-8H3,(H2,41,43). The second kappa shape index (κ2) is 14.1. The van der Waals surface area contributed by atoms with Crippen LogP contribution in [0.4, 0.5) is 0 Å². The Kier molecular flexibility index (Phi) is 10.3. The van der Waals surface area contributed by atoms with Gasteiger partial charge in [-0.25, -0.2) is 0 Å². The smallest absolute Gasteiger partial charge is 0.261 e. The highest BCUT2D eigenvalue weighted by atomic mass is 28.4. The van der Waals surface area contributed by atoms with Crippen LogP contribution in [0.1, 0.15) is 71.4 Å². The fourth-order valence-corrected chi connectivity index (χ4v) is 11.9. The van der Waals surface area contributed by atoms with Gasteiger partial charge in [0.1, 0.15) is 0 Å². The molecular formula is C40H50N4O3Si.